The maximum Gasteiger partial charge on any atom is 0.191 e. The molecule has 158 valence electrons. The Morgan fingerprint density at radius 1 is 1.29 bits per heavy atom. The quantitative estimate of drug-likeness (QED) is 0.518. The van der Waals surface area contributed by atoms with Gasteiger partial charge >= 0.3 is 0 Å². The highest BCUT2D eigenvalue weighted by Gasteiger charge is 2.28. The zero-order valence-corrected chi connectivity index (χ0v) is 18.3. The van der Waals surface area contributed by atoms with Gasteiger partial charge in [-0.25, -0.2) is 0 Å². The molecular weight excluding hydrogens is 354 g/mol. The number of nitrogens with zero attached hydrogens (tertiary/aromatic N) is 3. The second-order valence-corrected chi connectivity index (χ2v) is 7.97. The minimum atomic E-state index is 0.0369. The van der Waals surface area contributed by atoms with E-state index in [9.17, 15) is 0 Å². The fourth-order valence-electron chi connectivity index (χ4n) is 3.44. The Balaban J connectivity index is 1.93. The Bertz CT molecular complexity index is 627. The van der Waals surface area contributed by atoms with Gasteiger partial charge in [0.1, 0.15) is 5.75 Å². The number of aliphatic imine (C=N–C) groups is 1. The number of hydrogen-bond acceptors (Lipinski definition) is 5. The standard InChI is InChI=1S/C21H37N5O2/c1-21(2,26-10-12-28-13-11-26)16-24-20(22-3)23-15-19(25(4)5)17-8-7-9-18(14-17)27-6/h7-9,14,19H,10-13,15-16H2,1-6H3,(H2,22,23,24). The smallest absolute Gasteiger partial charge is 0.191 e. The summed E-state index contributed by atoms with van der Waals surface area (Å²) in [4.78, 5) is 9.07. The van der Waals surface area contributed by atoms with Gasteiger partial charge in [0.15, 0.2) is 5.96 Å². The molecule has 28 heavy (non-hydrogen) atoms. The summed E-state index contributed by atoms with van der Waals surface area (Å²) in [6, 6.07) is 8.43. The number of guanidine groups is 1. The van der Waals surface area contributed by atoms with Crippen LogP contribution >= 0.6 is 0 Å². The number of rotatable bonds is 8. The number of methoxy groups -OCH3 is 1. The van der Waals surface area contributed by atoms with Crippen LogP contribution < -0.4 is 15.4 Å². The van der Waals surface area contributed by atoms with E-state index >= 15 is 0 Å². The van der Waals surface area contributed by atoms with E-state index in [2.05, 4.69) is 65.5 Å². The van der Waals surface area contributed by atoms with Gasteiger partial charge in [0.2, 0.25) is 0 Å². The normalized spacial score (nSPS) is 17.5. The molecule has 7 heteroatoms. The largest absolute Gasteiger partial charge is 0.497 e. The molecule has 1 atom stereocenters. The molecule has 2 N–H and O–H groups in total. The summed E-state index contributed by atoms with van der Waals surface area (Å²) in [7, 11) is 7.68. The zero-order valence-electron chi connectivity index (χ0n) is 18.3. The molecule has 1 aliphatic rings. The summed E-state index contributed by atoms with van der Waals surface area (Å²) in [5.74, 6) is 1.69. The van der Waals surface area contributed by atoms with Gasteiger partial charge in [-0.3, -0.25) is 9.89 Å². The van der Waals surface area contributed by atoms with Gasteiger partial charge in [-0.1, -0.05) is 12.1 Å². The summed E-state index contributed by atoms with van der Waals surface area (Å²) >= 11 is 0. The summed E-state index contributed by atoms with van der Waals surface area (Å²) in [6.07, 6.45) is 0. The molecule has 0 aliphatic carbocycles. The van der Waals surface area contributed by atoms with Crippen molar-refractivity contribution in [1.82, 2.24) is 20.4 Å². The highest BCUT2D eigenvalue weighted by atomic mass is 16.5. The number of likely N-dealkylation sites (N-methyl/N-ethyl adjacent to an activating group) is 1. The van der Waals surface area contributed by atoms with Crippen LogP contribution in [0.4, 0.5) is 0 Å². The van der Waals surface area contributed by atoms with Crippen molar-refractivity contribution in [3.63, 3.8) is 0 Å². The van der Waals surface area contributed by atoms with Crippen molar-refractivity contribution in [2.45, 2.75) is 25.4 Å². The third-order valence-corrected chi connectivity index (χ3v) is 5.34. The lowest BCUT2D eigenvalue weighted by Crippen LogP contribution is -2.56. The van der Waals surface area contributed by atoms with Crippen molar-refractivity contribution >= 4 is 5.96 Å². The van der Waals surface area contributed by atoms with Crippen LogP contribution in [-0.4, -0.2) is 88.9 Å². The molecule has 7 nitrogen and oxygen atoms in total. The van der Waals surface area contributed by atoms with E-state index in [1.807, 2.05) is 19.2 Å². The Labute approximate surface area is 170 Å². The summed E-state index contributed by atoms with van der Waals surface area (Å²) < 4.78 is 10.9. The number of benzene rings is 1. The molecule has 1 aromatic rings. The fourth-order valence-corrected chi connectivity index (χ4v) is 3.44. The second kappa shape index (κ2) is 10.6. The fraction of sp³-hybridized carbons (Fsp3) is 0.667. The van der Waals surface area contributed by atoms with Gasteiger partial charge in [-0.05, 0) is 45.6 Å². The number of morpholine rings is 1. The molecular formula is C21H37N5O2. The molecule has 1 saturated heterocycles. The number of hydrogen-bond donors (Lipinski definition) is 2. The lowest BCUT2D eigenvalue weighted by atomic mass is 10.0. The van der Waals surface area contributed by atoms with Crippen LogP contribution in [0.5, 0.6) is 5.75 Å². The predicted molar refractivity (Wildman–Crippen MR) is 115 cm³/mol. The van der Waals surface area contributed by atoms with Gasteiger partial charge in [-0.2, -0.15) is 0 Å². The van der Waals surface area contributed by atoms with Crippen molar-refractivity contribution in [2.24, 2.45) is 4.99 Å². The third-order valence-electron chi connectivity index (χ3n) is 5.34. The first-order chi connectivity index (χ1) is 13.4. The van der Waals surface area contributed by atoms with Crippen molar-refractivity contribution in [3.8, 4) is 5.75 Å². The van der Waals surface area contributed by atoms with Crippen molar-refractivity contribution in [3.05, 3.63) is 29.8 Å². The van der Waals surface area contributed by atoms with Gasteiger partial charge in [0.05, 0.1) is 26.4 Å². The molecule has 2 rings (SSSR count). The molecule has 1 aliphatic heterocycles. The lowest BCUT2D eigenvalue weighted by Gasteiger charge is -2.41. The Hall–Kier alpha value is -1.83. The zero-order chi connectivity index (χ0) is 20.6. The average Bonchev–Trinajstić information content (AvgIpc) is 2.71. The van der Waals surface area contributed by atoms with Crippen LogP contribution in [0.25, 0.3) is 0 Å². The van der Waals surface area contributed by atoms with Crippen LogP contribution in [0.1, 0.15) is 25.5 Å². The maximum atomic E-state index is 5.48. The van der Waals surface area contributed by atoms with E-state index in [0.29, 0.717) is 0 Å². The molecule has 1 unspecified atom stereocenters. The molecule has 0 spiro atoms. The molecule has 0 amide bonds. The van der Waals surface area contributed by atoms with E-state index in [1.54, 1.807) is 7.11 Å². The van der Waals surface area contributed by atoms with Crippen LogP contribution in [0.2, 0.25) is 0 Å². The van der Waals surface area contributed by atoms with Gasteiger partial charge < -0.3 is 25.0 Å². The molecule has 1 heterocycles. The molecule has 0 saturated carbocycles. The topological polar surface area (TPSA) is 61.4 Å². The van der Waals surface area contributed by atoms with E-state index < -0.39 is 0 Å². The monoisotopic (exact) mass is 391 g/mol. The van der Waals surface area contributed by atoms with Gasteiger partial charge in [0, 0.05) is 38.8 Å². The molecule has 0 bridgehead atoms. The highest BCUT2D eigenvalue weighted by molar-refractivity contribution is 5.79. The van der Waals surface area contributed by atoms with E-state index in [0.717, 1.165) is 51.1 Å². The molecule has 1 aromatic carbocycles. The first-order valence-corrected chi connectivity index (χ1v) is 9.95. The summed E-state index contributed by atoms with van der Waals surface area (Å²) in [5.41, 5.74) is 1.25. The van der Waals surface area contributed by atoms with Crippen molar-refractivity contribution in [1.29, 1.82) is 0 Å². The van der Waals surface area contributed by atoms with Crippen LogP contribution in [0.3, 0.4) is 0 Å². The van der Waals surface area contributed by atoms with Crippen molar-refractivity contribution in [2.75, 3.05) is 67.6 Å². The second-order valence-electron chi connectivity index (χ2n) is 7.97. The summed E-state index contributed by atoms with van der Waals surface area (Å²) in [6.45, 7) is 9.65. The Kier molecular flexibility index (Phi) is 8.54. The number of ether oxygens (including phenoxy) is 2. The minimum absolute atomic E-state index is 0.0369. The number of nitrogens with one attached hydrogen (secondary N) is 2. The Morgan fingerprint density at radius 3 is 2.61 bits per heavy atom. The van der Waals surface area contributed by atoms with E-state index in [-0.39, 0.29) is 11.6 Å². The molecule has 1 fully saturated rings. The van der Waals surface area contributed by atoms with Crippen molar-refractivity contribution < 1.29 is 9.47 Å². The summed E-state index contributed by atoms with van der Waals surface area (Å²) in [5, 5.41) is 6.96. The van der Waals surface area contributed by atoms with Crippen LogP contribution in [0, 0.1) is 0 Å². The predicted octanol–water partition coefficient (Wildman–Crippen LogP) is 1.57. The highest BCUT2D eigenvalue weighted by Crippen LogP contribution is 2.22. The van der Waals surface area contributed by atoms with Gasteiger partial charge in [0.25, 0.3) is 0 Å². The first kappa shape index (κ1) is 22.5. The van der Waals surface area contributed by atoms with Gasteiger partial charge in [-0.15, -0.1) is 0 Å². The van der Waals surface area contributed by atoms with E-state index in [1.165, 1.54) is 5.56 Å². The lowest BCUT2D eigenvalue weighted by molar-refractivity contribution is -0.00834. The first-order valence-electron chi connectivity index (χ1n) is 9.95. The molecule has 0 radical (unpaired) electrons. The van der Waals surface area contributed by atoms with Crippen LogP contribution in [-0.2, 0) is 4.74 Å². The SMILES string of the molecule is CN=C(NCC(c1cccc(OC)c1)N(C)C)NCC(C)(C)N1CCOCC1. The third kappa shape index (κ3) is 6.36. The molecule has 0 aromatic heterocycles. The van der Waals surface area contributed by atoms with Crippen LogP contribution in [0.15, 0.2) is 29.3 Å². The Morgan fingerprint density at radius 2 is 2.00 bits per heavy atom. The minimum Gasteiger partial charge on any atom is -0.497 e. The maximum absolute atomic E-state index is 5.48. The van der Waals surface area contributed by atoms with E-state index in [4.69, 9.17) is 9.47 Å². The average molecular weight is 392 g/mol.